The first kappa shape index (κ1) is 15.0. The van der Waals surface area contributed by atoms with Crippen molar-refractivity contribution in [2.45, 2.75) is 78.7 Å². The van der Waals surface area contributed by atoms with Gasteiger partial charge in [0.1, 0.15) is 0 Å². The molecular weight excluding hydrogens is 206 g/mol. The number of rotatable bonds is 6. The molecule has 0 spiro atoms. The van der Waals surface area contributed by atoms with Crippen LogP contribution in [0.15, 0.2) is 0 Å². The van der Waals surface area contributed by atoms with Crippen LogP contribution in [0.4, 0.5) is 0 Å². The van der Waals surface area contributed by atoms with Crippen LogP contribution in [0.3, 0.4) is 0 Å². The number of nitrogens with two attached hydrogens (primary N) is 1. The van der Waals surface area contributed by atoms with Crippen LogP contribution in [0.2, 0.25) is 0 Å². The molecule has 1 aliphatic carbocycles. The molecule has 0 bridgehead atoms. The van der Waals surface area contributed by atoms with Crippen molar-refractivity contribution in [2.75, 3.05) is 0 Å². The highest BCUT2D eigenvalue weighted by atomic mass is 14.7. The maximum Gasteiger partial charge on any atom is 0.00957 e. The third-order valence-electron chi connectivity index (χ3n) is 4.76. The Kier molecular flexibility index (Phi) is 6.54. The monoisotopic (exact) mass is 239 g/mol. The molecule has 0 aromatic carbocycles. The molecule has 1 saturated carbocycles. The highest BCUT2D eigenvalue weighted by Crippen LogP contribution is 2.37. The first-order valence-electron chi connectivity index (χ1n) is 7.83. The first-order valence-corrected chi connectivity index (χ1v) is 7.83. The molecule has 0 radical (unpaired) electrons. The van der Waals surface area contributed by atoms with Gasteiger partial charge >= 0.3 is 0 Å². The second-order valence-corrected chi connectivity index (χ2v) is 6.57. The molecule has 1 fully saturated rings. The second-order valence-electron chi connectivity index (χ2n) is 6.57. The zero-order valence-corrected chi connectivity index (χ0v) is 12.4. The van der Waals surface area contributed by atoms with Gasteiger partial charge in [0.25, 0.3) is 0 Å². The summed E-state index contributed by atoms with van der Waals surface area (Å²) in [6.07, 6.45) is 9.41. The molecule has 2 N–H and O–H groups in total. The average molecular weight is 239 g/mol. The SMILES string of the molecule is CCCCC(CC)C(N)C1CC(C)CC(C)C1. The van der Waals surface area contributed by atoms with E-state index in [1.807, 2.05) is 0 Å². The molecule has 0 aromatic heterocycles. The molecule has 1 aliphatic rings. The number of unbranched alkanes of at least 4 members (excludes halogenated alkanes) is 1. The summed E-state index contributed by atoms with van der Waals surface area (Å²) in [5.74, 6) is 3.32. The average Bonchev–Trinajstić information content (AvgIpc) is 2.28. The Hall–Kier alpha value is -0.0400. The largest absolute Gasteiger partial charge is 0.327 e. The van der Waals surface area contributed by atoms with Gasteiger partial charge in [-0.2, -0.15) is 0 Å². The lowest BCUT2D eigenvalue weighted by Gasteiger charge is -2.38. The molecule has 1 heteroatoms. The minimum atomic E-state index is 0.455. The van der Waals surface area contributed by atoms with Gasteiger partial charge in [0.05, 0.1) is 0 Å². The molecular formula is C16H33N. The standard InChI is InChI=1S/C16H33N/c1-5-7-8-14(6-2)16(17)15-10-12(3)9-13(4)11-15/h12-16H,5-11,17H2,1-4H3. The van der Waals surface area contributed by atoms with Gasteiger partial charge < -0.3 is 5.73 Å². The van der Waals surface area contributed by atoms with E-state index in [4.69, 9.17) is 5.73 Å². The molecule has 0 aliphatic heterocycles. The summed E-state index contributed by atoms with van der Waals surface area (Å²) in [7, 11) is 0. The van der Waals surface area contributed by atoms with Crippen molar-refractivity contribution in [3.63, 3.8) is 0 Å². The van der Waals surface area contributed by atoms with Crippen LogP contribution in [-0.2, 0) is 0 Å². The van der Waals surface area contributed by atoms with Gasteiger partial charge in [-0.25, -0.2) is 0 Å². The molecule has 4 atom stereocenters. The highest BCUT2D eigenvalue weighted by molar-refractivity contribution is 4.85. The molecule has 17 heavy (non-hydrogen) atoms. The predicted molar refractivity (Wildman–Crippen MR) is 77.0 cm³/mol. The van der Waals surface area contributed by atoms with Crippen molar-refractivity contribution in [3.05, 3.63) is 0 Å². The lowest BCUT2D eigenvalue weighted by Crippen LogP contribution is -2.41. The molecule has 0 amide bonds. The van der Waals surface area contributed by atoms with E-state index in [1.54, 1.807) is 0 Å². The van der Waals surface area contributed by atoms with Crippen LogP contribution in [0.25, 0.3) is 0 Å². The Morgan fingerprint density at radius 1 is 1.06 bits per heavy atom. The fourth-order valence-electron chi connectivity index (χ4n) is 3.84. The van der Waals surface area contributed by atoms with E-state index >= 15 is 0 Å². The van der Waals surface area contributed by atoms with Crippen LogP contribution in [0, 0.1) is 23.7 Å². The Morgan fingerprint density at radius 2 is 1.65 bits per heavy atom. The summed E-state index contributed by atoms with van der Waals surface area (Å²) < 4.78 is 0. The Balaban J connectivity index is 2.50. The van der Waals surface area contributed by atoms with E-state index in [0.717, 1.165) is 23.7 Å². The van der Waals surface area contributed by atoms with Gasteiger partial charge in [-0.3, -0.25) is 0 Å². The Morgan fingerprint density at radius 3 is 2.12 bits per heavy atom. The van der Waals surface area contributed by atoms with Crippen LogP contribution >= 0.6 is 0 Å². The molecule has 1 rings (SSSR count). The van der Waals surface area contributed by atoms with Gasteiger partial charge in [0.2, 0.25) is 0 Å². The van der Waals surface area contributed by atoms with E-state index < -0.39 is 0 Å². The summed E-state index contributed by atoms with van der Waals surface area (Å²) in [5.41, 5.74) is 6.57. The Labute approximate surface area is 109 Å². The quantitative estimate of drug-likeness (QED) is 0.720. The lowest BCUT2D eigenvalue weighted by atomic mass is 9.70. The maximum absolute atomic E-state index is 6.57. The van der Waals surface area contributed by atoms with Crippen molar-refractivity contribution in [1.29, 1.82) is 0 Å². The van der Waals surface area contributed by atoms with Crippen LogP contribution in [-0.4, -0.2) is 6.04 Å². The van der Waals surface area contributed by atoms with Crippen molar-refractivity contribution in [3.8, 4) is 0 Å². The van der Waals surface area contributed by atoms with E-state index in [1.165, 1.54) is 44.9 Å². The molecule has 4 unspecified atom stereocenters. The van der Waals surface area contributed by atoms with Gasteiger partial charge in [0, 0.05) is 6.04 Å². The fourth-order valence-corrected chi connectivity index (χ4v) is 3.84. The van der Waals surface area contributed by atoms with Gasteiger partial charge in [-0.15, -0.1) is 0 Å². The summed E-state index contributed by atoms with van der Waals surface area (Å²) in [4.78, 5) is 0. The van der Waals surface area contributed by atoms with Crippen LogP contribution < -0.4 is 5.73 Å². The first-order chi connectivity index (χ1) is 8.08. The van der Waals surface area contributed by atoms with E-state index in [0.29, 0.717) is 6.04 Å². The third kappa shape index (κ3) is 4.62. The van der Waals surface area contributed by atoms with Gasteiger partial charge in [-0.1, -0.05) is 47.0 Å². The van der Waals surface area contributed by atoms with Crippen molar-refractivity contribution in [1.82, 2.24) is 0 Å². The van der Waals surface area contributed by atoms with Crippen molar-refractivity contribution < 1.29 is 0 Å². The zero-order valence-electron chi connectivity index (χ0n) is 12.4. The van der Waals surface area contributed by atoms with Gasteiger partial charge in [0.15, 0.2) is 0 Å². The third-order valence-corrected chi connectivity index (χ3v) is 4.76. The summed E-state index contributed by atoms with van der Waals surface area (Å²) >= 11 is 0. The summed E-state index contributed by atoms with van der Waals surface area (Å²) in [6.45, 7) is 9.41. The van der Waals surface area contributed by atoms with E-state index in [-0.39, 0.29) is 0 Å². The molecule has 102 valence electrons. The topological polar surface area (TPSA) is 26.0 Å². The van der Waals surface area contributed by atoms with Crippen molar-refractivity contribution >= 4 is 0 Å². The summed E-state index contributed by atoms with van der Waals surface area (Å²) in [6, 6.07) is 0.455. The summed E-state index contributed by atoms with van der Waals surface area (Å²) in [5, 5.41) is 0. The molecule has 0 saturated heterocycles. The van der Waals surface area contributed by atoms with E-state index in [2.05, 4.69) is 27.7 Å². The molecule has 0 aromatic rings. The minimum absolute atomic E-state index is 0.455. The normalized spacial score (nSPS) is 33.4. The maximum atomic E-state index is 6.57. The molecule has 0 heterocycles. The highest BCUT2D eigenvalue weighted by Gasteiger charge is 2.31. The van der Waals surface area contributed by atoms with Gasteiger partial charge in [-0.05, 0) is 49.4 Å². The van der Waals surface area contributed by atoms with E-state index in [9.17, 15) is 0 Å². The smallest absolute Gasteiger partial charge is 0.00957 e. The zero-order chi connectivity index (χ0) is 12.8. The van der Waals surface area contributed by atoms with Crippen LogP contribution in [0.1, 0.15) is 72.6 Å². The number of hydrogen-bond acceptors (Lipinski definition) is 1. The lowest BCUT2D eigenvalue weighted by molar-refractivity contribution is 0.158. The van der Waals surface area contributed by atoms with Crippen LogP contribution in [0.5, 0.6) is 0 Å². The predicted octanol–water partition coefficient (Wildman–Crippen LogP) is 4.60. The second kappa shape index (κ2) is 7.41. The minimum Gasteiger partial charge on any atom is -0.327 e. The van der Waals surface area contributed by atoms with Crippen molar-refractivity contribution in [2.24, 2.45) is 29.4 Å². The Bertz CT molecular complexity index is 192. The molecule has 1 nitrogen and oxygen atoms in total. The number of hydrogen-bond donors (Lipinski definition) is 1. The fraction of sp³-hybridized carbons (Fsp3) is 1.00.